The summed E-state index contributed by atoms with van der Waals surface area (Å²) in [4.78, 5) is 10.9. The molecule has 4 nitrogen and oxygen atoms in total. The van der Waals surface area contributed by atoms with E-state index in [1.165, 1.54) is 0 Å². The van der Waals surface area contributed by atoms with Crippen LogP contribution in [0.4, 0.5) is 0 Å². The van der Waals surface area contributed by atoms with Gasteiger partial charge in [-0.2, -0.15) is 5.10 Å². The number of aromatic carboxylic acids is 1. The standard InChI is InChI=1S/C8H4Br2N2O2/c9-3-1-4(8(13)14)6-5(2-3)11-12-7(6)10/h1-2H,(H,11,12)(H,13,14). The Kier molecular flexibility index (Phi) is 2.32. The number of nitrogens with one attached hydrogen (secondary N) is 1. The van der Waals surface area contributed by atoms with Crippen LogP contribution in [-0.4, -0.2) is 21.3 Å². The van der Waals surface area contributed by atoms with Crippen LogP contribution in [0.1, 0.15) is 10.4 Å². The van der Waals surface area contributed by atoms with Crippen molar-refractivity contribution in [1.29, 1.82) is 0 Å². The van der Waals surface area contributed by atoms with Gasteiger partial charge in [-0.3, -0.25) is 5.10 Å². The van der Waals surface area contributed by atoms with Gasteiger partial charge in [-0.05, 0) is 28.1 Å². The maximum atomic E-state index is 10.9. The Morgan fingerprint density at radius 2 is 2.14 bits per heavy atom. The van der Waals surface area contributed by atoms with E-state index in [4.69, 9.17) is 5.11 Å². The number of hydrogen-bond acceptors (Lipinski definition) is 2. The molecule has 2 aromatic rings. The largest absolute Gasteiger partial charge is 0.478 e. The second-order valence-electron chi connectivity index (χ2n) is 2.69. The molecule has 1 heterocycles. The van der Waals surface area contributed by atoms with Crippen molar-refractivity contribution in [2.75, 3.05) is 0 Å². The van der Waals surface area contributed by atoms with E-state index >= 15 is 0 Å². The summed E-state index contributed by atoms with van der Waals surface area (Å²) >= 11 is 6.44. The molecule has 0 aliphatic rings. The van der Waals surface area contributed by atoms with Gasteiger partial charge in [0.15, 0.2) is 0 Å². The second-order valence-corrected chi connectivity index (χ2v) is 4.40. The molecular formula is C8H4Br2N2O2. The van der Waals surface area contributed by atoms with Crippen molar-refractivity contribution in [3.05, 3.63) is 26.8 Å². The average Bonchev–Trinajstić information content (AvgIpc) is 2.46. The summed E-state index contributed by atoms with van der Waals surface area (Å²) in [5, 5.41) is 16.2. The highest BCUT2D eigenvalue weighted by Gasteiger charge is 2.14. The fourth-order valence-corrected chi connectivity index (χ4v) is 2.20. The lowest BCUT2D eigenvalue weighted by molar-refractivity contribution is 0.0699. The van der Waals surface area contributed by atoms with Crippen LogP contribution in [0.5, 0.6) is 0 Å². The molecule has 0 amide bonds. The van der Waals surface area contributed by atoms with Crippen LogP contribution < -0.4 is 0 Å². The zero-order valence-electron chi connectivity index (χ0n) is 6.71. The molecule has 1 aromatic carbocycles. The molecule has 1 aromatic heterocycles. The van der Waals surface area contributed by atoms with Crippen molar-refractivity contribution in [3.8, 4) is 0 Å². The molecule has 6 heteroatoms. The first kappa shape index (κ1) is 9.67. The topological polar surface area (TPSA) is 66.0 Å². The van der Waals surface area contributed by atoms with Crippen LogP contribution in [0, 0.1) is 0 Å². The maximum Gasteiger partial charge on any atom is 0.336 e. The van der Waals surface area contributed by atoms with Crippen LogP contribution in [-0.2, 0) is 0 Å². The first-order valence-corrected chi connectivity index (χ1v) is 5.24. The number of carboxylic acid groups (broad SMARTS) is 1. The van der Waals surface area contributed by atoms with Crippen LogP contribution in [0.25, 0.3) is 10.9 Å². The Labute approximate surface area is 95.6 Å². The van der Waals surface area contributed by atoms with Crippen molar-refractivity contribution < 1.29 is 9.90 Å². The van der Waals surface area contributed by atoms with E-state index in [9.17, 15) is 4.79 Å². The smallest absolute Gasteiger partial charge is 0.336 e. The minimum Gasteiger partial charge on any atom is -0.478 e. The summed E-state index contributed by atoms with van der Waals surface area (Å²) in [7, 11) is 0. The summed E-state index contributed by atoms with van der Waals surface area (Å²) in [5.74, 6) is -0.974. The SMILES string of the molecule is O=C(O)c1cc(Br)cc2n[nH]c(Br)c12. The first-order valence-electron chi connectivity index (χ1n) is 3.66. The van der Waals surface area contributed by atoms with Crippen molar-refractivity contribution >= 4 is 48.7 Å². The van der Waals surface area contributed by atoms with E-state index in [1.807, 2.05) is 0 Å². The fourth-order valence-electron chi connectivity index (χ4n) is 1.25. The van der Waals surface area contributed by atoms with Crippen molar-refractivity contribution in [3.63, 3.8) is 0 Å². The number of rotatable bonds is 1. The zero-order valence-corrected chi connectivity index (χ0v) is 9.89. The van der Waals surface area contributed by atoms with Gasteiger partial charge in [0, 0.05) is 9.86 Å². The van der Waals surface area contributed by atoms with Gasteiger partial charge in [0.05, 0.1) is 11.1 Å². The lowest BCUT2D eigenvalue weighted by Crippen LogP contribution is -1.96. The number of halogens is 2. The summed E-state index contributed by atoms with van der Waals surface area (Å²) in [5.41, 5.74) is 0.832. The minimum absolute atomic E-state index is 0.218. The maximum absolute atomic E-state index is 10.9. The number of carboxylic acids is 1. The molecule has 0 aliphatic heterocycles. The second kappa shape index (κ2) is 3.36. The number of fused-ring (bicyclic) bond motifs is 1. The first-order chi connectivity index (χ1) is 6.59. The van der Waals surface area contributed by atoms with Gasteiger partial charge < -0.3 is 5.11 Å². The molecule has 0 bridgehead atoms. The summed E-state index contributed by atoms with van der Waals surface area (Å²) < 4.78 is 1.28. The molecule has 72 valence electrons. The van der Waals surface area contributed by atoms with Crippen molar-refractivity contribution in [2.45, 2.75) is 0 Å². The van der Waals surface area contributed by atoms with Crippen molar-refractivity contribution in [2.24, 2.45) is 0 Å². The molecule has 0 atom stereocenters. The van der Waals surface area contributed by atoms with Crippen LogP contribution in [0.2, 0.25) is 0 Å². The average molecular weight is 320 g/mol. The normalized spacial score (nSPS) is 10.7. The highest BCUT2D eigenvalue weighted by atomic mass is 79.9. The Hall–Kier alpha value is -0.880. The lowest BCUT2D eigenvalue weighted by Gasteiger charge is -1.98. The quantitative estimate of drug-likeness (QED) is 0.849. The summed E-state index contributed by atoms with van der Waals surface area (Å²) in [6.07, 6.45) is 0. The van der Waals surface area contributed by atoms with E-state index < -0.39 is 5.97 Å². The van der Waals surface area contributed by atoms with Gasteiger partial charge in [0.1, 0.15) is 4.60 Å². The van der Waals surface area contributed by atoms with Crippen LogP contribution in [0.15, 0.2) is 21.2 Å². The van der Waals surface area contributed by atoms with Crippen molar-refractivity contribution in [1.82, 2.24) is 10.2 Å². The van der Waals surface area contributed by atoms with Crippen LogP contribution in [0.3, 0.4) is 0 Å². The van der Waals surface area contributed by atoms with Gasteiger partial charge in [-0.1, -0.05) is 15.9 Å². The molecular weight excluding hydrogens is 316 g/mol. The number of aromatic amines is 1. The van der Waals surface area contributed by atoms with Gasteiger partial charge in [0.2, 0.25) is 0 Å². The molecule has 0 fully saturated rings. The third kappa shape index (κ3) is 1.44. The number of hydrogen-bond donors (Lipinski definition) is 2. The Morgan fingerprint density at radius 1 is 1.43 bits per heavy atom. The summed E-state index contributed by atoms with van der Waals surface area (Å²) in [6, 6.07) is 3.30. The Bertz CT molecular complexity index is 521. The molecule has 0 unspecified atom stereocenters. The van der Waals surface area contributed by atoms with E-state index in [2.05, 4.69) is 42.1 Å². The molecule has 2 N–H and O–H groups in total. The molecule has 0 saturated heterocycles. The predicted molar refractivity (Wildman–Crippen MR) is 58.5 cm³/mol. The van der Waals surface area contributed by atoms with E-state index in [0.29, 0.717) is 20.0 Å². The van der Waals surface area contributed by atoms with Gasteiger partial charge in [-0.15, -0.1) is 0 Å². The fraction of sp³-hybridized carbons (Fsp3) is 0. The number of benzene rings is 1. The van der Waals surface area contributed by atoms with E-state index in [0.717, 1.165) is 0 Å². The third-order valence-electron chi connectivity index (χ3n) is 1.81. The number of nitrogens with zero attached hydrogens (tertiary/aromatic N) is 1. The predicted octanol–water partition coefficient (Wildman–Crippen LogP) is 2.79. The third-order valence-corrected chi connectivity index (χ3v) is 2.84. The monoisotopic (exact) mass is 318 g/mol. The molecule has 0 aliphatic carbocycles. The van der Waals surface area contributed by atoms with Gasteiger partial charge in [0.25, 0.3) is 0 Å². The molecule has 0 spiro atoms. The zero-order chi connectivity index (χ0) is 10.3. The van der Waals surface area contributed by atoms with E-state index in [-0.39, 0.29) is 5.56 Å². The number of aromatic nitrogens is 2. The molecule has 14 heavy (non-hydrogen) atoms. The number of H-pyrrole nitrogens is 1. The van der Waals surface area contributed by atoms with E-state index in [1.54, 1.807) is 12.1 Å². The van der Waals surface area contributed by atoms with Gasteiger partial charge in [-0.25, -0.2) is 4.79 Å². The molecule has 2 rings (SSSR count). The number of carbonyl (C=O) groups is 1. The lowest BCUT2D eigenvalue weighted by atomic mass is 10.1. The highest BCUT2D eigenvalue weighted by Crippen LogP contribution is 2.28. The minimum atomic E-state index is -0.974. The van der Waals surface area contributed by atoms with Crippen LogP contribution >= 0.6 is 31.9 Å². The van der Waals surface area contributed by atoms with Gasteiger partial charge >= 0.3 is 5.97 Å². The molecule has 0 radical (unpaired) electrons. The summed E-state index contributed by atoms with van der Waals surface area (Å²) in [6.45, 7) is 0. The Balaban J connectivity index is 2.90. The highest BCUT2D eigenvalue weighted by molar-refractivity contribution is 9.10. The molecule has 0 saturated carbocycles. The Morgan fingerprint density at radius 3 is 2.79 bits per heavy atom.